The Morgan fingerprint density at radius 3 is 3.00 bits per heavy atom. The Hall–Kier alpha value is -1.69. The van der Waals surface area contributed by atoms with Crippen LogP contribution in [-0.4, -0.2) is 39.1 Å². The van der Waals surface area contributed by atoms with Gasteiger partial charge in [0.05, 0.1) is 11.6 Å². The van der Waals surface area contributed by atoms with Crippen LogP contribution in [0.25, 0.3) is 6.08 Å². The van der Waals surface area contributed by atoms with Crippen molar-refractivity contribution in [2.45, 2.75) is 24.8 Å². The van der Waals surface area contributed by atoms with Crippen LogP contribution in [0, 0.1) is 0 Å². The van der Waals surface area contributed by atoms with Gasteiger partial charge < -0.3 is 14.4 Å². The fourth-order valence-corrected chi connectivity index (χ4v) is 3.34. The van der Waals surface area contributed by atoms with Crippen molar-refractivity contribution in [1.82, 2.24) is 4.90 Å². The second-order valence-corrected chi connectivity index (χ2v) is 5.36. The van der Waals surface area contributed by atoms with E-state index in [4.69, 9.17) is 9.52 Å². The Morgan fingerprint density at radius 1 is 1.63 bits per heavy atom. The van der Waals surface area contributed by atoms with Gasteiger partial charge in [0.2, 0.25) is 5.91 Å². The number of carbonyl (C=O) groups excluding carboxylic acids is 1. The lowest BCUT2D eigenvalue weighted by atomic mass is 10.2. The lowest BCUT2D eigenvalue weighted by Gasteiger charge is -2.25. The van der Waals surface area contributed by atoms with E-state index < -0.39 is 12.0 Å². The van der Waals surface area contributed by atoms with E-state index in [9.17, 15) is 9.59 Å². The van der Waals surface area contributed by atoms with Crippen LogP contribution in [0.3, 0.4) is 0 Å². The maximum Gasteiger partial charge on any atom is 0.327 e. The SMILES string of the molecule is CCC1SCC(C(=O)O)N1C(=O)C=Cc1ccco1. The molecule has 0 bridgehead atoms. The zero-order chi connectivity index (χ0) is 13.8. The number of carboxylic acid groups (broad SMARTS) is 1. The fraction of sp³-hybridized carbons (Fsp3) is 0.385. The minimum atomic E-state index is -0.955. The molecule has 0 saturated carbocycles. The molecule has 1 aromatic heterocycles. The van der Waals surface area contributed by atoms with Crippen LogP contribution >= 0.6 is 11.8 Å². The zero-order valence-electron chi connectivity index (χ0n) is 10.5. The molecular formula is C13H15NO4S. The third kappa shape index (κ3) is 3.01. The van der Waals surface area contributed by atoms with E-state index in [1.54, 1.807) is 18.2 Å². The van der Waals surface area contributed by atoms with E-state index in [0.717, 1.165) is 6.42 Å². The number of rotatable bonds is 4. The number of thioether (sulfide) groups is 1. The monoisotopic (exact) mass is 281 g/mol. The summed E-state index contributed by atoms with van der Waals surface area (Å²) in [5.74, 6) is -0.238. The minimum absolute atomic E-state index is 0.0742. The number of furan rings is 1. The normalized spacial score (nSPS) is 23.1. The maximum absolute atomic E-state index is 12.1. The van der Waals surface area contributed by atoms with Gasteiger partial charge in [-0.2, -0.15) is 0 Å². The largest absolute Gasteiger partial charge is 0.480 e. The molecule has 1 N–H and O–H groups in total. The van der Waals surface area contributed by atoms with E-state index in [1.807, 2.05) is 6.92 Å². The van der Waals surface area contributed by atoms with Crippen LogP contribution in [0.2, 0.25) is 0 Å². The van der Waals surface area contributed by atoms with Crippen LogP contribution in [0.4, 0.5) is 0 Å². The van der Waals surface area contributed by atoms with Crippen molar-refractivity contribution in [2.75, 3.05) is 5.75 Å². The number of hydrogen-bond donors (Lipinski definition) is 1. The van der Waals surface area contributed by atoms with Gasteiger partial charge in [-0.3, -0.25) is 4.79 Å². The third-order valence-electron chi connectivity index (χ3n) is 2.91. The first-order valence-corrected chi connectivity index (χ1v) is 7.06. The molecule has 1 saturated heterocycles. The summed E-state index contributed by atoms with van der Waals surface area (Å²) in [5.41, 5.74) is 0. The maximum atomic E-state index is 12.1. The summed E-state index contributed by atoms with van der Waals surface area (Å²) < 4.78 is 5.09. The first-order valence-electron chi connectivity index (χ1n) is 6.01. The Bertz CT molecular complexity index is 483. The van der Waals surface area contributed by atoms with Crippen LogP contribution < -0.4 is 0 Å². The lowest BCUT2D eigenvalue weighted by Crippen LogP contribution is -2.44. The third-order valence-corrected chi connectivity index (χ3v) is 4.37. The first kappa shape index (κ1) is 13.7. The molecule has 1 aromatic rings. The van der Waals surface area contributed by atoms with Gasteiger partial charge in [-0.05, 0) is 24.6 Å². The second-order valence-electron chi connectivity index (χ2n) is 4.14. The van der Waals surface area contributed by atoms with E-state index in [1.165, 1.54) is 29.0 Å². The van der Waals surface area contributed by atoms with Gasteiger partial charge in [0.1, 0.15) is 11.8 Å². The summed E-state index contributed by atoms with van der Waals surface area (Å²) in [6.45, 7) is 1.94. The molecule has 0 aliphatic carbocycles. The number of amides is 1. The van der Waals surface area contributed by atoms with Crippen LogP contribution in [0.5, 0.6) is 0 Å². The first-order chi connectivity index (χ1) is 9.13. The van der Waals surface area contributed by atoms with Crippen LogP contribution in [0.15, 0.2) is 28.9 Å². The van der Waals surface area contributed by atoms with Crippen molar-refractivity contribution in [2.24, 2.45) is 0 Å². The molecule has 2 heterocycles. The summed E-state index contributed by atoms with van der Waals surface area (Å²) in [5, 5.41) is 9.07. The predicted octanol–water partition coefficient (Wildman–Crippen LogP) is 2.06. The van der Waals surface area contributed by atoms with Crippen LogP contribution in [0.1, 0.15) is 19.1 Å². The standard InChI is InChI=1S/C13H15NO4S/c1-2-12-14(10(8-19-12)13(16)17)11(15)6-5-9-4-3-7-18-9/h3-7,10,12H,2,8H2,1H3,(H,16,17). The van der Waals surface area contributed by atoms with Gasteiger partial charge in [0.15, 0.2) is 0 Å². The van der Waals surface area contributed by atoms with Gasteiger partial charge in [-0.25, -0.2) is 4.79 Å². The molecule has 5 nitrogen and oxygen atoms in total. The number of carboxylic acids is 1. The quantitative estimate of drug-likeness (QED) is 0.855. The highest BCUT2D eigenvalue weighted by Gasteiger charge is 2.39. The Morgan fingerprint density at radius 2 is 2.42 bits per heavy atom. The Balaban J connectivity index is 2.12. The van der Waals surface area contributed by atoms with Crippen molar-refractivity contribution < 1.29 is 19.1 Å². The van der Waals surface area contributed by atoms with Crippen LogP contribution in [-0.2, 0) is 9.59 Å². The second kappa shape index (κ2) is 5.97. The predicted molar refractivity (Wildman–Crippen MR) is 72.5 cm³/mol. The highest BCUT2D eigenvalue weighted by Crippen LogP contribution is 2.31. The molecule has 1 amide bonds. The number of carbonyl (C=O) groups is 2. The molecule has 0 aromatic carbocycles. The topological polar surface area (TPSA) is 70.8 Å². The molecule has 0 spiro atoms. The molecule has 102 valence electrons. The van der Waals surface area contributed by atoms with E-state index in [0.29, 0.717) is 11.5 Å². The zero-order valence-corrected chi connectivity index (χ0v) is 11.3. The number of aliphatic carboxylic acids is 1. The summed E-state index contributed by atoms with van der Waals surface area (Å²) in [4.78, 5) is 24.7. The molecule has 1 aliphatic rings. The Kier molecular flexibility index (Phi) is 4.31. The average Bonchev–Trinajstić information content (AvgIpc) is 3.04. The van der Waals surface area contributed by atoms with Crippen molar-refractivity contribution in [1.29, 1.82) is 0 Å². The van der Waals surface area contributed by atoms with Gasteiger partial charge in [0.25, 0.3) is 0 Å². The molecule has 1 aliphatic heterocycles. The van der Waals surface area contributed by atoms with Crippen molar-refractivity contribution >= 4 is 29.7 Å². The summed E-state index contributed by atoms with van der Waals surface area (Å²) in [6, 6.07) is 2.71. The molecule has 1 fully saturated rings. The molecule has 6 heteroatoms. The number of nitrogens with zero attached hydrogens (tertiary/aromatic N) is 1. The fourth-order valence-electron chi connectivity index (χ4n) is 1.99. The highest BCUT2D eigenvalue weighted by molar-refractivity contribution is 8.00. The van der Waals surface area contributed by atoms with Gasteiger partial charge in [-0.1, -0.05) is 6.92 Å². The minimum Gasteiger partial charge on any atom is -0.480 e. The molecule has 0 radical (unpaired) electrons. The summed E-state index contributed by atoms with van der Waals surface area (Å²) in [7, 11) is 0. The van der Waals surface area contributed by atoms with Crippen molar-refractivity contribution in [3.8, 4) is 0 Å². The number of hydrogen-bond acceptors (Lipinski definition) is 4. The smallest absolute Gasteiger partial charge is 0.327 e. The summed E-state index contributed by atoms with van der Waals surface area (Å²) >= 11 is 1.51. The lowest BCUT2D eigenvalue weighted by molar-refractivity contribution is -0.147. The van der Waals surface area contributed by atoms with E-state index in [2.05, 4.69) is 0 Å². The van der Waals surface area contributed by atoms with Gasteiger partial charge in [-0.15, -0.1) is 11.8 Å². The van der Waals surface area contributed by atoms with E-state index in [-0.39, 0.29) is 11.3 Å². The molecule has 19 heavy (non-hydrogen) atoms. The molecule has 2 unspecified atom stereocenters. The van der Waals surface area contributed by atoms with Crippen molar-refractivity contribution in [3.63, 3.8) is 0 Å². The van der Waals surface area contributed by atoms with Gasteiger partial charge in [0, 0.05) is 11.8 Å². The van der Waals surface area contributed by atoms with Crippen molar-refractivity contribution in [3.05, 3.63) is 30.2 Å². The molecular weight excluding hydrogens is 266 g/mol. The van der Waals surface area contributed by atoms with E-state index >= 15 is 0 Å². The molecule has 2 atom stereocenters. The average molecular weight is 281 g/mol. The highest BCUT2D eigenvalue weighted by atomic mass is 32.2. The summed E-state index contributed by atoms with van der Waals surface area (Å²) in [6.07, 6.45) is 5.17. The van der Waals surface area contributed by atoms with Gasteiger partial charge >= 0.3 is 5.97 Å². The Labute approximate surface area is 115 Å². The molecule has 2 rings (SSSR count).